The van der Waals surface area contributed by atoms with Crippen molar-refractivity contribution in [3.8, 4) is 0 Å². The van der Waals surface area contributed by atoms with Crippen LogP contribution in [0.25, 0.3) is 0 Å². The highest BCUT2D eigenvalue weighted by atomic mass is 35.5. The zero-order valence-corrected chi connectivity index (χ0v) is 9.89. The normalized spacial score (nSPS) is 12.7. The quantitative estimate of drug-likeness (QED) is 0.915. The van der Waals surface area contributed by atoms with E-state index in [1.807, 2.05) is 6.92 Å². The third kappa shape index (κ3) is 2.16. The van der Waals surface area contributed by atoms with E-state index in [1.54, 1.807) is 0 Å². The van der Waals surface area contributed by atoms with E-state index in [0.717, 1.165) is 0 Å². The van der Waals surface area contributed by atoms with E-state index in [9.17, 15) is 9.50 Å². The fraction of sp³-hybridized carbons (Fsp3) is 0.273. The molecule has 2 heterocycles. The number of rotatable bonds is 3. The van der Waals surface area contributed by atoms with Gasteiger partial charge in [-0.05, 0) is 19.1 Å². The largest absolute Gasteiger partial charge is 0.380 e. The van der Waals surface area contributed by atoms with Crippen molar-refractivity contribution in [1.29, 1.82) is 0 Å². The van der Waals surface area contributed by atoms with Crippen LogP contribution in [-0.4, -0.2) is 19.9 Å². The number of aromatic nitrogens is 3. The second-order valence-electron chi connectivity index (χ2n) is 3.47. The SMILES string of the molecule is CCn1ncc(Cl)c1C(O)c1ncccc1F. The monoisotopic (exact) mass is 255 g/mol. The summed E-state index contributed by atoms with van der Waals surface area (Å²) in [5, 5.41) is 14.4. The highest BCUT2D eigenvalue weighted by molar-refractivity contribution is 6.31. The van der Waals surface area contributed by atoms with Crippen LogP contribution in [0.15, 0.2) is 24.5 Å². The van der Waals surface area contributed by atoms with Crippen LogP contribution in [0.4, 0.5) is 4.39 Å². The van der Waals surface area contributed by atoms with Gasteiger partial charge in [0.05, 0.1) is 16.9 Å². The molecule has 0 fully saturated rings. The van der Waals surface area contributed by atoms with Crippen LogP contribution in [0.3, 0.4) is 0 Å². The van der Waals surface area contributed by atoms with Gasteiger partial charge in [-0.2, -0.15) is 5.10 Å². The molecule has 0 aromatic carbocycles. The van der Waals surface area contributed by atoms with Gasteiger partial charge in [0.25, 0.3) is 0 Å². The molecule has 1 N–H and O–H groups in total. The molecule has 0 spiro atoms. The molecule has 2 rings (SSSR count). The molecule has 1 atom stereocenters. The summed E-state index contributed by atoms with van der Waals surface area (Å²) in [6.07, 6.45) is 1.62. The molecule has 2 aromatic rings. The van der Waals surface area contributed by atoms with Gasteiger partial charge in [-0.3, -0.25) is 9.67 Å². The molecule has 17 heavy (non-hydrogen) atoms. The first-order valence-electron chi connectivity index (χ1n) is 5.14. The van der Waals surface area contributed by atoms with Gasteiger partial charge in [-0.15, -0.1) is 0 Å². The van der Waals surface area contributed by atoms with Gasteiger partial charge in [0.2, 0.25) is 0 Å². The fourth-order valence-electron chi connectivity index (χ4n) is 1.62. The number of hydrogen-bond donors (Lipinski definition) is 1. The predicted octanol–water partition coefficient (Wildman–Crippen LogP) is 2.17. The Kier molecular flexibility index (Phi) is 3.40. The summed E-state index contributed by atoms with van der Waals surface area (Å²) < 4.78 is 15.0. The standard InChI is InChI=1S/C11H11ClFN3O/c1-2-16-10(7(12)6-15-16)11(17)9-8(13)4-3-5-14-9/h3-6,11,17H,2H2,1H3. The molecule has 0 radical (unpaired) electrons. The molecular weight excluding hydrogens is 245 g/mol. The molecule has 0 aliphatic heterocycles. The molecule has 0 aliphatic carbocycles. The molecule has 1 unspecified atom stereocenters. The number of aryl methyl sites for hydroxylation is 1. The molecule has 90 valence electrons. The maximum absolute atomic E-state index is 13.5. The smallest absolute Gasteiger partial charge is 0.147 e. The van der Waals surface area contributed by atoms with Crippen molar-refractivity contribution in [2.45, 2.75) is 19.6 Å². The van der Waals surface area contributed by atoms with Gasteiger partial charge >= 0.3 is 0 Å². The zero-order valence-electron chi connectivity index (χ0n) is 9.14. The lowest BCUT2D eigenvalue weighted by atomic mass is 10.1. The van der Waals surface area contributed by atoms with Gasteiger partial charge < -0.3 is 5.11 Å². The molecule has 6 heteroatoms. The van der Waals surface area contributed by atoms with Gasteiger partial charge in [-0.25, -0.2) is 4.39 Å². The number of nitrogens with zero attached hydrogens (tertiary/aromatic N) is 3. The first-order valence-corrected chi connectivity index (χ1v) is 5.52. The Hall–Kier alpha value is -1.46. The first-order chi connectivity index (χ1) is 8.15. The number of aliphatic hydroxyl groups excluding tert-OH is 1. The van der Waals surface area contributed by atoms with Crippen molar-refractivity contribution in [2.24, 2.45) is 0 Å². The van der Waals surface area contributed by atoms with Crippen LogP contribution in [-0.2, 0) is 6.54 Å². The van der Waals surface area contributed by atoms with Gasteiger partial charge in [0.15, 0.2) is 0 Å². The second-order valence-corrected chi connectivity index (χ2v) is 3.87. The Morgan fingerprint density at radius 3 is 3.00 bits per heavy atom. The van der Waals surface area contributed by atoms with E-state index in [2.05, 4.69) is 10.1 Å². The number of pyridine rings is 1. The Bertz CT molecular complexity index is 529. The predicted molar refractivity (Wildman–Crippen MR) is 61.2 cm³/mol. The molecule has 4 nitrogen and oxygen atoms in total. The van der Waals surface area contributed by atoms with Crippen LogP contribution in [0.5, 0.6) is 0 Å². The minimum Gasteiger partial charge on any atom is -0.380 e. The highest BCUT2D eigenvalue weighted by Crippen LogP contribution is 2.28. The summed E-state index contributed by atoms with van der Waals surface area (Å²) in [5.41, 5.74) is 0.302. The molecule has 0 saturated carbocycles. The second kappa shape index (κ2) is 4.81. The molecule has 0 bridgehead atoms. The van der Waals surface area contributed by atoms with Gasteiger partial charge in [-0.1, -0.05) is 11.6 Å². The van der Waals surface area contributed by atoms with E-state index in [-0.39, 0.29) is 5.69 Å². The van der Waals surface area contributed by atoms with Crippen LogP contribution in [0.2, 0.25) is 5.02 Å². The lowest BCUT2D eigenvalue weighted by Gasteiger charge is -2.13. The summed E-state index contributed by atoms with van der Waals surface area (Å²) in [4.78, 5) is 3.83. The number of aliphatic hydroxyl groups is 1. The lowest BCUT2D eigenvalue weighted by Crippen LogP contribution is -2.12. The summed E-state index contributed by atoms with van der Waals surface area (Å²) in [6.45, 7) is 2.39. The summed E-state index contributed by atoms with van der Waals surface area (Å²) >= 11 is 5.93. The van der Waals surface area contributed by atoms with E-state index in [0.29, 0.717) is 17.3 Å². The van der Waals surface area contributed by atoms with Crippen molar-refractivity contribution in [3.63, 3.8) is 0 Å². The lowest BCUT2D eigenvalue weighted by molar-refractivity contribution is 0.197. The highest BCUT2D eigenvalue weighted by Gasteiger charge is 2.23. The van der Waals surface area contributed by atoms with Gasteiger partial charge in [0, 0.05) is 12.7 Å². The van der Waals surface area contributed by atoms with Crippen LogP contribution in [0, 0.1) is 5.82 Å². The van der Waals surface area contributed by atoms with E-state index in [4.69, 9.17) is 11.6 Å². The Labute approximate surface area is 103 Å². The average molecular weight is 256 g/mol. The van der Waals surface area contributed by atoms with Crippen LogP contribution >= 0.6 is 11.6 Å². The Morgan fingerprint density at radius 1 is 1.59 bits per heavy atom. The summed E-state index contributed by atoms with van der Waals surface area (Å²) in [6, 6.07) is 2.70. The van der Waals surface area contributed by atoms with Crippen molar-refractivity contribution in [3.05, 3.63) is 46.8 Å². The third-order valence-electron chi connectivity index (χ3n) is 2.44. The van der Waals surface area contributed by atoms with E-state index >= 15 is 0 Å². The number of hydrogen-bond acceptors (Lipinski definition) is 3. The van der Waals surface area contributed by atoms with Crippen LogP contribution in [0.1, 0.15) is 24.4 Å². The van der Waals surface area contributed by atoms with Crippen molar-refractivity contribution < 1.29 is 9.50 Å². The fourth-order valence-corrected chi connectivity index (χ4v) is 1.87. The maximum Gasteiger partial charge on any atom is 0.147 e. The van der Waals surface area contributed by atoms with E-state index < -0.39 is 11.9 Å². The minimum atomic E-state index is -1.22. The number of halogens is 2. The van der Waals surface area contributed by atoms with Crippen LogP contribution < -0.4 is 0 Å². The van der Waals surface area contributed by atoms with Crippen molar-refractivity contribution in [2.75, 3.05) is 0 Å². The third-order valence-corrected chi connectivity index (χ3v) is 2.73. The topological polar surface area (TPSA) is 50.9 Å². The molecule has 0 amide bonds. The molecule has 2 aromatic heterocycles. The Balaban J connectivity index is 2.47. The average Bonchev–Trinajstić information content (AvgIpc) is 2.70. The first kappa shape index (κ1) is 12.0. The van der Waals surface area contributed by atoms with Crippen molar-refractivity contribution >= 4 is 11.6 Å². The van der Waals surface area contributed by atoms with Gasteiger partial charge in [0.1, 0.15) is 17.6 Å². The zero-order chi connectivity index (χ0) is 12.4. The van der Waals surface area contributed by atoms with E-state index in [1.165, 1.54) is 29.2 Å². The molecular formula is C11H11ClFN3O. The maximum atomic E-state index is 13.5. The molecule has 0 saturated heterocycles. The Morgan fingerprint density at radius 2 is 2.35 bits per heavy atom. The summed E-state index contributed by atoms with van der Waals surface area (Å²) in [5.74, 6) is -0.570. The minimum absolute atomic E-state index is 0.0513. The van der Waals surface area contributed by atoms with Crippen molar-refractivity contribution in [1.82, 2.24) is 14.8 Å². The molecule has 0 aliphatic rings. The summed E-state index contributed by atoms with van der Waals surface area (Å²) in [7, 11) is 0.